The fraction of sp³-hybridized carbons (Fsp3) is 0.286. The SMILES string of the molecule is CC1(Cn2cc(-c3cccc(C(N)=S)c3)c3ccc(CO)cc32)CC1. The third-order valence-electron chi connectivity index (χ3n) is 5.24. The lowest BCUT2D eigenvalue weighted by Crippen LogP contribution is -2.08. The number of aliphatic hydroxyl groups is 1. The highest BCUT2D eigenvalue weighted by molar-refractivity contribution is 7.80. The molecule has 0 amide bonds. The number of rotatable bonds is 5. The summed E-state index contributed by atoms with van der Waals surface area (Å²) in [4.78, 5) is 0.415. The smallest absolute Gasteiger partial charge is 0.104 e. The van der Waals surface area contributed by atoms with Crippen molar-refractivity contribution < 1.29 is 5.11 Å². The lowest BCUT2D eigenvalue weighted by Gasteiger charge is -2.11. The average Bonchev–Trinajstić information content (AvgIpc) is 3.24. The molecule has 2 aromatic carbocycles. The van der Waals surface area contributed by atoms with E-state index < -0.39 is 0 Å². The molecule has 0 spiro atoms. The van der Waals surface area contributed by atoms with Crippen LogP contribution in [0.4, 0.5) is 0 Å². The molecule has 25 heavy (non-hydrogen) atoms. The van der Waals surface area contributed by atoms with Crippen LogP contribution in [0.25, 0.3) is 22.0 Å². The van der Waals surface area contributed by atoms with Gasteiger partial charge in [0.25, 0.3) is 0 Å². The van der Waals surface area contributed by atoms with E-state index in [0.29, 0.717) is 10.4 Å². The molecule has 1 aliphatic carbocycles. The van der Waals surface area contributed by atoms with Gasteiger partial charge in [-0.05, 0) is 41.5 Å². The van der Waals surface area contributed by atoms with Crippen LogP contribution in [0.1, 0.15) is 30.9 Å². The molecule has 3 aromatic rings. The lowest BCUT2D eigenvalue weighted by molar-refractivity contribution is 0.282. The standard InChI is InChI=1S/C21H22N2OS/c1-21(7-8-21)13-23-11-18(15-3-2-4-16(10-15)20(22)25)17-6-5-14(12-24)9-19(17)23/h2-6,9-11,24H,7-8,12-13H2,1H3,(H2,22,25). The van der Waals surface area contributed by atoms with Gasteiger partial charge in [-0.25, -0.2) is 0 Å². The zero-order valence-corrected chi connectivity index (χ0v) is 15.1. The van der Waals surface area contributed by atoms with Crippen LogP contribution in [-0.2, 0) is 13.2 Å². The van der Waals surface area contributed by atoms with Crippen molar-refractivity contribution in [2.75, 3.05) is 0 Å². The van der Waals surface area contributed by atoms with E-state index in [1.54, 1.807) is 0 Å². The van der Waals surface area contributed by atoms with Crippen LogP contribution >= 0.6 is 12.2 Å². The number of hydrogen-bond acceptors (Lipinski definition) is 2. The van der Waals surface area contributed by atoms with E-state index in [2.05, 4.69) is 42.0 Å². The van der Waals surface area contributed by atoms with Gasteiger partial charge in [0, 0.05) is 34.8 Å². The summed E-state index contributed by atoms with van der Waals surface area (Å²) in [6, 6.07) is 14.3. The van der Waals surface area contributed by atoms with Crippen LogP contribution in [0.15, 0.2) is 48.7 Å². The minimum atomic E-state index is 0.0602. The van der Waals surface area contributed by atoms with Crippen molar-refractivity contribution >= 4 is 28.1 Å². The second-order valence-corrected chi connectivity index (χ2v) is 7.88. The van der Waals surface area contributed by atoms with Crippen molar-refractivity contribution in [3.05, 3.63) is 59.8 Å². The molecular formula is C21H22N2OS. The van der Waals surface area contributed by atoms with E-state index in [1.165, 1.54) is 29.3 Å². The molecule has 1 saturated carbocycles. The molecule has 4 heteroatoms. The second-order valence-electron chi connectivity index (χ2n) is 7.44. The quantitative estimate of drug-likeness (QED) is 0.677. The van der Waals surface area contributed by atoms with Crippen molar-refractivity contribution in [1.82, 2.24) is 4.57 Å². The normalized spacial score (nSPS) is 15.4. The Bertz CT molecular complexity index is 969. The largest absolute Gasteiger partial charge is 0.392 e. The van der Waals surface area contributed by atoms with Gasteiger partial charge in [-0.1, -0.05) is 49.5 Å². The Morgan fingerprint density at radius 1 is 1.24 bits per heavy atom. The van der Waals surface area contributed by atoms with Gasteiger partial charge in [-0.2, -0.15) is 0 Å². The van der Waals surface area contributed by atoms with Crippen molar-refractivity contribution in [2.45, 2.75) is 32.9 Å². The number of nitrogens with zero attached hydrogens (tertiary/aromatic N) is 1. The molecule has 128 valence electrons. The monoisotopic (exact) mass is 350 g/mol. The third kappa shape index (κ3) is 3.08. The Kier molecular flexibility index (Phi) is 3.89. The Hall–Kier alpha value is -2.17. The van der Waals surface area contributed by atoms with Crippen LogP contribution in [0.2, 0.25) is 0 Å². The minimum absolute atomic E-state index is 0.0602. The summed E-state index contributed by atoms with van der Waals surface area (Å²) in [7, 11) is 0. The van der Waals surface area contributed by atoms with Crippen LogP contribution in [0.3, 0.4) is 0 Å². The zero-order chi connectivity index (χ0) is 17.6. The van der Waals surface area contributed by atoms with E-state index in [1.807, 2.05) is 18.2 Å². The van der Waals surface area contributed by atoms with Gasteiger partial charge in [0.2, 0.25) is 0 Å². The number of thiocarbonyl (C=S) groups is 1. The maximum Gasteiger partial charge on any atom is 0.104 e. The van der Waals surface area contributed by atoms with Gasteiger partial charge >= 0.3 is 0 Å². The summed E-state index contributed by atoms with van der Waals surface area (Å²) in [6.07, 6.45) is 4.78. The molecule has 1 fully saturated rings. The van der Waals surface area contributed by atoms with Crippen molar-refractivity contribution in [3.63, 3.8) is 0 Å². The van der Waals surface area contributed by atoms with E-state index in [-0.39, 0.29) is 6.61 Å². The van der Waals surface area contributed by atoms with Gasteiger partial charge in [-0.15, -0.1) is 0 Å². The van der Waals surface area contributed by atoms with E-state index in [9.17, 15) is 5.11 Å². The van der Waals surface area contributed by atoms with Crippen LogP contribution < -0.4 is 5.73 Å². The van der Waals surface area contributed by atoms with Crippen molar-refractivity contribution in [2.24, 2.45) is 11.1 Å². The van der Waals surface area contributed by atoms with Gasteiger partial charge < -0.3 is 15.4 Å². The van der Waals surface area contributed by atoms with Crippen LogP contribution in [0.5, 0.6) is 0 Å². The first-order valence-corrected chi connectivity index (χ1v) is 9.03. The molecule has 0 radical (unpaired) electrons. The van der Waals surface area contributed by atoms with Gasteiger partial charge in [0.05, 0.1) is 6.61 Å². The summed E-state index contributed by atoms with van der Waals surface area (Å²) in [5.74, 6) is 0. The Labute approximate surface area is 153 Å². The molecule has 1 heterocycles. The molecule has 0 bridgehead atoms. The Morgan fingerprint density at radius 3 is 2.72 bits per heavy atom. The molecule has 1 aromatic heterocycles. The fourth-order valence-electron chi connectivity index (χ4n) is 3.42. The summed E-state index contributed by atoms with van der Waals surface area (Å²) >= 11 is 5.13. The fourth-order valence-corrected chi connectivity index (χ4v) is 3.55. The second kappa shape index (κ2) is 5.97. The highest BCUT2D eigenvalue weighted by Crippen LogP contribution is 2.47. The highest BCUT2D eigenvalue weighted by Gasteiger charge is 2.37. The van der Waals surface area contributed by atoms with Gasteiger partial charge in [-0.3, -0.25) is 0 Å². The number of aliphatic hydroxyl groups excluding tert-OH is 1. The molecule has 1 aliphatic rings. The summed E-state index contributed by atoms with van der Waals surface area (Å²) in [5, 5.41) is 10.7. The molecular weight excluding hydrogens is 328 g/mol. The first-order chi connectivity index (χ1) is 12.0. The third-order valence-corrected chi connectivity index (χ3v) is 5.48. The van der Waals surface area contributed by atoms with Crippen molar-refractivity contribution in [1.29, 1.82) is 0 Å². The zero-order valence-electron chi connectivity index (χ0n) is 14.3. The van der Waals surface area contributed by atoms with Crippen LogP contribution in [-0.4, -0.2) is 14.7 Å². The number of aromatic nitrogens is 1. The van der Waals surface area contributed by atoms with E-state index in [0.717, 1.165) is 23.2 Å². The van der Waals surface area contributed by atoms with Crippen LogP contribution in [0, 0.1) is 5.41 Å². The number of benzene rings is 2. The maximum atomic E-state index is 9.52. The summed E-state index contributed by atoms with van der Waals surface area (Å²) in [5.41, 5.74) is 11.5. The predicted molar refractivity (Wildman–Crippen MR) is 107 cm³/mol. The first kappa shape index (κ1) is 16.3. The first-order valence-electron chi connectivity index (χ1n) is 8.62. The molecule has 4 rings (SSSR count). The summed E-state index contributed by atoms with van der Waals surface area (Å²) < 4.78 is 2.34. The molecule has 0 atom stereocenters. The van der Waals surface area contributed by atoms with Crippen molar-refractivity contribution in [3.8, 4) is 11.1 Å². The predicted octanol–water partition coefficient (Wildman–Crippen LogP) is 4.23. The molecule has 3 N–H and O–H groups in total. The van der Waals surface area contributed by atoms with Gasteiger partial charge in [0.1, 0.15) is 4.99 Å². The Morgan fingerprint density at radius 2 is 2.04 bits per heavy atom. The molecule has 0 saturated heterocycles. The van der Waals surface area contributed by atoms with Gasteiger partial charge in [0.15, 0.2) is 0 Å². The lowest BCUT2D eigenvalue weighted by atomic mass is 10.0. The molecule has 3 nitrogen and oxygen atoms in total. The summed E-state index contributed by atoms with van der Waals surface area (Å²) in [6.45, 7) is 3.40. The molecule has 0 aliphatic heterocycles. The molecule has 0 unspecified atom stereocenters. The number of hydrogen-bond donors (Lipinski definition) is 2. The maximum absolute atomic E-state index is 9.52. The topological polar surface area (TPSA) is 51.2 Å². The minimum Gasteiger partial charge on any atom is -0.392 e. The average molecular weight is 350 g/mol. The number of nitrogens with two attached hydrogens (primary N) is 1. The van der Waals surface area contributed by atoms with E-state index >= 15 is 0 Å². The number of fused-ring (bicyclic) bond motifs is 1. The highest BCUT2D eigenvalue weighted by atomic mass is 32.1. The Balaban J connectivity index is 1.88. The van der Waals surface area contributed by atoms with E-state index in [4.69, 9.17) is 18.0 Å².